The molecule has 3 heterocycles. The van der Waals surface area contributed by atoms with Crippen molar-refractivity contribution in [2.45, 2.75) is 20.4 Å². The van der Waals surface area contributed by atoms with Crippen LogP contribution in [-0.2, 0) is 6.54 Å². The number of piperazine rings is 1. The largest absolute Gasteiger partial charge is 0.314 e. The van der Waals surface area contributed by atoms with Crippen LogP contribution < -0.4 is 5.32 Å². The minimum Gasteiger partial charge on any atom is -0.314 e. The molecular weight excluding hydrogens is 250 g/mol. The first kappa shape index (κ1) is 13.3. The number of imidazole rings is 1. The van der Waals surface area contributed by atoms with Gasteiger partial charge in [-0.2, -0.15) is 0 Å². The minimum absolute atomic E-state index is 0.937. The molecule has 0 spiro atoms. The lowest BCUT2D eigenvalue weighted by Gasteiger charge is -2.27. The molecule has 0 atom stereocenters. The fraction of sp³-hybridized carbons (Fsp3) is 0.467. The van der Waals surface area contributed by atoms with Gasteiger partial charge in [-0.1, -0.05) is 0 Å². The summed E-state index contributed by atoms with van der Waals surface area (Å²) in [5.41, 5.74) is 3.61. The predicted octanol–water partition coefficient (Wildman–Crippen LogP) is 1.29. The molecule has 0 amide bonds. The maximum Gasteiger partial charge on any atom is 0.138 e. The smallest absolute Gasteiger partial charge is 0.138 e. The summed E-state index contributed by atoms with van der Waals surface area (Å²) in [5, 5.41) is 3.38. The monoisotopic (exact) mass is 271 g/mol. The first-order chi connectivity index (χ1) is 9.72. The van der Waals surface area contributed by atoms with E-state index >= 15 is 0 Å². The molecule has 0 aromatic carbocycles. The average molecular weight is 271 g/mol. The third kappa shape index (κ3) is 2.89. The Bertz CT molecular complexity index is 584. The van der Waals surface area contributed by atoms with E-state index in [0.29, 0.717) is 0 Å². The SMILES string of the molecule is Cc1cn(-c2cc(C)c(CN3CCNCC3)cn2)cn1. The van der Waals surface area contributed by atoms with Crippen LogP contribution in [0.5, 0.6) is 0 Å². The summed E-state index contributed by atoms with van der Waals surface area (Å²) in [6.07, 6.45) is 5.81. The highest BCUT2D eigenvalue weighted by Gasteiger charge is 2.12. The maximum absolute atomic E-state index is 4.57. The molecule has 1 fully saturated rings. The van der Waals surface area contributed by atoms with E-state index in [-0.39, 0.29) is 0 Å². The second-order valence-corrected chi connectivity index (χ2v) is 5.42. The molecule has 1 aliphatic rings. The number of aryl methyl sites for hydroxylation is 2. The number of hydrogen-bond acceptors (Lipinski definition) is 4. The van der Waals surface area contributed by atoms with Crippen molar-refractivity contribution in [2.75, 3.05) is 26.2 Å². The zero-order chi connectivity index (χ0) is 13.9. The first-order valence-corrected chi connectivity index (χ1v) is 7.12. The topological polar surface area (TPSA) is 46.0 Å². The zero-order valence-electron chi connectivity index (χ0n) is 12.1. The summed E-state index contributed by atoms with van der Waals surface area (Å²) in [4.78, 5) is 11.3. The Balaban J connectivity index is 1.76. The molecule has 1 saturated heterocycles. The van der Waals surface area contributed by atoms with E-state index in [0.717, 1.165) is 44.2 Å². The van der Waals surface area contributed by atoms with Gasteiger partial charge in [0.05, 0.1) is 5.69 Å². The van der Waals surface area contributed by atoms with E-state index in [2.05, 4.69) is 33.2 Å². The molecule has 0 saturated carbocycles. The lowest BCUT2D eigenvalue weighted by Crippen LogP contribution is -2.43. The van der Waals surface area contributed by atoms with Crippen molar-refractivity contribution in [1.29, 1.82) is 0 Å². The maximum atomic E-state index is 4.57. The van der Waals surface area contributed by atoms with Crippen LogP contribution in [0.2, 0.25) is 0 Å². The van der Waals surface area contributed by atoms with Crippen LogP contribution >= 0.6 is 0 Å². The summed E-state index contributed by atoms with van der Waals surface area (Å²) in [6, 6.07) is 2.14. The van der Waals surface area contributed by atoms with Crippen LogP contribution in [0.15, 0.2) is 24.8 Å². The summed E-state index contributed by atoms with van der Waals surface area (Å²) >= 11 is 0. The van der Waals surface area contributed by atoms with Crippen molar-refractivity contribution in [3.8, 4) is 5.82 Å². The van der Waals surface area contributed by atoms with Crippen molar-refractivity contribution in [3.05, 3.63) is 41.6 Å². The first-order valence-electron chi connectivity index (χ1n) is 7.12. The second-order valence-electron chi connectivity index (χ2n) is 5.42. The third-order valence-electron chi connectivity index (χ3n) is 3.78. The van der Waals surface area contributed by atoms with Gasteiger partial charge in [0.2, 0.25) is 0 Å². The van der Waals surface area contributed by atoms with Gasteiger partial charge >= 0.3 is 0 Å². The number of nitrogens with one attached hydrogen (secondary N) is 1. The van der Waals surface area contributed by atoms with Gasteiger partial charge in [-0.15, -0.1) is 0 Å². The van der Waals surface area contributed by atoms with Crippen molar-refractivity contribution in [1.82, 2.24) is 24.8 Å². The average Bonchev–Trinajstić information content (AvgIpc) is 2.89. The van der Waals surface area contributed by atoms with E-state index in [4.69, 9.17) is 0 Å². The van der Waals surface area contributed by atoms with Gasteiger partial charge in [-0.3, -0.25) is 9.47 Å². The van der Waals surface area contributed by atoms with Gasteiger partial charge in [0.1, 0.15) is 12.1 Å². The lowest BCUT2D eigenvalue weighted by molar-refractivity contribution is 0.232. The van der Waals surface area contributed by atoms with E-state index in [9.17, 15) is 0 Å². The Hall–Kier alpha value is -1.72. The molecule has 3 rings (SSSR count). The lowest BCUT2D eigenvalue weighted by atomic mass is 10.1. The Morgan fingerprint density at radius 2 is 2.00 bits per heavy atom. The molecule has 1 N–H and O–H groups in total. The molecule has 0 bridgehead atoms. The molecule has 5 nitrogen and oxygen atoms in total. The molecule has 20 heavy (non-hydrogen) atoms. The molecule has 2 aromatic heterocycles. The molecule has 0 unspecified atom stereocenters. The highest BCUT2D eigenvalue weighted by Crippen LogP contribution is 2.14. The van der Waals surface area contributed by atoms with E-state index < -0.39 is 0 Å². The quantitative estimate of drug-likeness (QED) is 0.914. The normalized spacial score (nSPS) is 16.5. The van der Waals surface area contributed by atoms with Gasteiger partial charge in [-0.25, -0.2) is 9.97 Å². The third-order valence-corrected chi connectivity index (χ3v) is 3.78. The van der Waals surface area contributed by atoms with Crippen molar-refractivity contribution < 1.29 is 0 Å². The van der Waals surface area contributed by atoms with Crippen LogP contribution in [-0.4, -0.2) is 45.6 Å². The Morgan fingerprint density at radius 1 is 1.20 bits per heavy atom. The summed E-state index contributed by atoms with van der Waals surface area (Å²) < 4.78 is 1.97. The standard InChI is InChI=1S/C15H21N5/c1-12-7-15(20-9-13(2)18-11-20)17-8-14(12)10-19-5-3-16-4-6-19/h7-9,11,16H,3-6,10H2,1-2H3. The van der Waals surface area contributed by atoms with E-state index in [1.54, 1.807) is 0 Å². The van der Waals surface area contributed by atoms with Crippen LogP contribution in [0.4, 0.5) is 0 Å². The van der Waals surface area contributed by atoms with Gasteiger partial charge in [-0.05, 0) is 31.0 Å². The van der Waals surface area contributed by atoms with Crippen LogP contribution in [0.1, 0.15) is 16.8 Å². The molecule has 106 valence electrons. The van der Waals surface area contributed by atoms with E-state index in [1.165, 1.54) is 11.1 Å². The van der Waals surface area contributed by atoms with Crippen LogP contribution in [0.25, 0.3) is 5.82 Å². The number of nitrogens with zero attached hydrogens (tertiary/aromatic N) is 4. The molecule has 0 radical (unpaired) electrons. The zero-order valence-corrected chi connectivity index (χ0v) is 12.1. The Labute approximate surface area is 119 Å². The van der Waals surface area contributed by atoms with Crippen molar-refractivity contribution >= 4 is 0 Å². The molecule has 2 aromatic rings. The molecule has 1 aliphatic heterocycles. The van der Waals surface area contributed by atoms with Gasteiger partial charge < -0.3 is 5.32 Å². The number of pyridine rings is 1. The summed E-state index contributed by atoms with van der Waals surface area (Å²) in [7, 11) is 0. The van der Waals surface area contributed by atoms with E-state index in [1.807, 2.05) is 30.2 Å². The predicted molar refractivity (Wildman–Crippen MR) is 79.0 cm³/mol. The van der Waals surface area contributed by atoms with Crippen molar-refractivity contribution in [2.24, 2.45) is 0 Å². The van der Waals surface area contributed by atoms with Gasteiger partial charge in [0.15, 0.2) is 0 Å². The van der Waals surface area contributed by atoms with Crippen molar-refractivity contribution in [3.63, 3.8) is 0 Å². The second kappa shape index (κ2) is 5.73. The van der Waals surface area contributed by atoms with Gasteiger partial charge in [0, 0.05) is 45.1 Å². The number of aromatic nitrogens is 3. The molecule has 5 heteroatoms. The molecule has 0 aliphatic carbocycles. The summed E-state index contributed by atoms with van der Waals surface area (Å²) in [5.74, 6) is 0.937. The van der Waals surface area contributed by atoms with Gasteiger partial charge in [0.25, 0.3) is 0 Å². The minimum atomic E-state index is 0.937. The highest BCUT2D eigenvalue weighted by molar-refractivity contribution is 5.33. The Kier molecular flexibility index (Phi) is 3.80. The Morgan fingerprint density at radius 3 is 2.65 bits per heavy atom. The number of hydrogen-bond donors (Lipinski definition) is 1. The fourth-order valence-corrected chi connectivity index (χ4v) is 2.53. The summed E-state index contributed by atoms with van der Waals surface area (Å²) in [6.45, 7) is 9.53. The highest BCUT2D eigenvalue weighted by atomic mass is 15.2. The fourth-order valence-electron chi connectivity index (χ4n) is 2.53. The molecular formula is C15H21N5. The van der Waals surface area contributed by atoms with Crippen LogP contribution in [0.3, 0.4) is 0 Å². The van der Waals surface area contributed by atoms with Crippen LogP contribution in [0, 0.1) is 13.8 Å². The number of rotatable bonds is 3.